The SMILES string of the molecule is C.C.C.C.C.C.CC(F)(F)CF.CF.FCC(F)(F)OC(F)(F)CC(F)(F)F.FCC(F)(F)OF.O=S(=O)(O)F. The molecule has 0 fully saturated rings. The second-order valence-electron chi connectivity index (χ2n) is 4.77. The normalized spacial score (nSPS) is 10.6. The zero-order valence-corrected chi connectivity index (χ0v) is 17.1. The van der Waals surface area contributed by atoms with E-state index >= 15 is 0 Å². The van der Waals surface area contributed by atoms with E-state index in [0.29, 0.717) is 14.1 Å². The lowest BCUT2D eigenvalue weighted by Gasteiger charge is -2.22. The van der Waals surface area contributed by atoms with Gasteiger partial charge >= 0.3 is 35.0 Å². The molecule has 0 rings (SSSR count). The minimum atomic E-state index is -5.38. The van der Waals surface area contributed by atoms with E-state index in [2.05, 4.69) is 4.74 Å². The van der Waals surface area contributed by atoms with Gasteiger partial charge in [-0.1, -0.05) is 48.4 Å². The van der Waals surface area contributed by atoms with E-state index in [0.717, 1.165) is 0 Å². The monoisotopic (exact) mass is 678 g/mol. The molecule has 0 spiro atoms. The minimum absolute atomic E-state index is 0. The molecular weight excluding hydrogens is 639 g/mol. The first-order valence-electron chi connectivity index (χ1n) is 6.96. The highest BCUT2D eigenvalue weighted by Crippen LogP contribution is 2.36. The number of hydrogen-bond donors (Lipinski definition) is 1. The van der Waals surface area contributed by atoms with Crippen LogP contribution in [-0.4, -0.2) is 70.6 Å². The maximum atomic E-state index is 12.0. The molecule has 0 saturated carbocycles. The van der Waals surface area contributed by atoms with Crippen LogP contribution in [0, 0.1) is 0 Å². The van der Waals surface area contributed by atoms with Gasteiger partial charge in [-0.15, -0.1) is 4.94 Å². The highest BCUT2D eigenvalue weighted by molar-refractivity contribution is 7.80. The largest absolute Gasteiger partial charge is 0.435 e. The molecule has 0 aromatic heterocycles. The predicted molar refractivity (Wildman–Crippen MR) is 117 cm³/mol. The maximum Gasteiger partial charge on any atom is 0.435 e. The second-order valence-corrected chi connectivity index (χ2v) is 5.59. The number of ether oxygens (including phenoxy) is 1. The molecule has 0 amide bonds. The molecule has 0 aromatic rings. The molecule has 23 heteroatoms. The summed E-state index contributed by atoms with van der Waals surface area (Å²) in [4.78, 5) is 1.88. The van der Waals surface area contributed by atoms with Gasteiger partial charge in [0.25, 0.3) is 5.92 Å². The van der Waals surface area contributed by atoms with Crippen molar-refractivity contribution in [3.8, 4) is 0 Å². The Kier molecular flexibility index (Phi) is 54.8. The number of rotatable bonds is 7. The van der Waals surface area contributed by atoms with Crippen LogP contribution in [0.5, 0.6) is 0 Å². The van der Waals surface area contributed by atoms with Crippen molar-refractivity contribution in [1.82, 2.24) is 0 Å². The smallest absolute Gasteiger partial charge is 0.260 e. The number of hydrogen-bond acceptors (Lipinski definition) is 4. The molecule has 40 heavy (non-hydrogen) atoms. The van der Waals surface area contributed by atoms with Crippen LogP contribution in [0.2, 0.25) is 0 Å². The van der Waals surface area contributed by atoms with Crippen LogP contribution in [0.25, 0.3) is 0 Å². The zero-order valence-electron chi connectivity index (χ0n) is 16.2. The van der Waals surface area contributed by atoms with Crippen molar-refractivity contribution in [2.75, 3.05) is 27.2 Å². The summed E-state index contributed by atoms with van der Waals surface area (Å²) >= 11 is 0. The van der Waals surface area contributed by atoms with Crippen LogP contribution < -0.4 is 0 Å². The first-order chi connectivity index (χ1) is 14.7. The summed E-state index contributed by atoms with van der Waals surface area (Å²) in [5.74, 6) is -3.12. The summed E-state index contributed by atoms with van der Waals surface area (Å²) in [6, 6.07) is 0. The Hall–Kier alpha value is -1.36. The van der Waals surface area contributed by atoms with Gasteiger partial charge < -0.3 is 0 Å². The van der Waals surface area contributed by atoms with Gasteiger partial charge in [0.15, 0.2) is 20.0 Å². The van der Waals surface area contributed by atoms with Gasteiger partial charge in [-0.25, -0.2) is 22.0 Å². The van der Waals surface area contributed by atoms with Crippen LogP contribution in [0.3, 0.4) is 0 Å². The van der Waals surface area contributed by atoms with E-state index in [9.17, 15) is 74.3 Å². The van der Waals surface area contributed by atoms with Gasteiger partial charge in [0.2, 0.25) is 0 Å². The van der Waals surface area contributed by atoms with Crippen LogP contribution in [-0.2, 0) is 20.2 Å². The highest BCUT2D eigenvalue weighted by atomic mass is 32.3. The van der Waals surface area contributed by atoms with Crippen molar-refractivity contribution in [2.24, 2.45) is 0 Å². The quantitative estimate of drug-likeness (QED) is 0.165. The summed E-state index contributed by atoms with van der Waals surface area (Å²) < 4.78 is 214. The zero-order chi connectivity index (χ0) is 29.2. The topological polar surface area (TPSA) is 72.8 Å². The highest BCUT2D eigenvalue weighted by Gasteiger charge is 2.51. The van der Waals surface area contributed by atoms with E-state index in [4.69, 9.17) is 13.0 Å². The van der Waals surface area contributed by atoms with E-state index in [1.165, 1.54) is 0 Å². The Morgan fingerprint density at radius 2 is 0.850 bits per heavy atom. The molecule has 0 aliphatic heterocycles. The molecule has 0 bridgehead atoms. The molecule has 1 N–H and O–H groups in total. The van der Waals surface area contributed by atoms with Crippen LogP contribution in [0.4, 0.5) is 74.3 Å². The molecule has 0 aliphatic rings. The Labute approximate surface area is 224 Å². The van der Waals surface area contributed by atoms with Crippen LogP contribution in [0.1, 0.15) is 57.9 Å². The standard InChI is InChI=1S/C5H4F8O.C3H5F3.C2H2F4O.CH3F.6CH4.FHO3S/c6-2-5(12,13)14-4(10,11)1-3(7,8)9;1-3(5,6)2-4;3-1-2(4,5)7-6;1-2;;;;;;;1-5(2,3)4/h1-2H2;2H2,1H3;1H2;1H3;6*1H4;(H,2,3,4). The lowest BCUT2D eigenvalue weighted by Crippen LogP contribution is -2.37. The molecule has 262 valence electrons. The molecule has 0 aliphatic carbocycles. The van der Waals surface area contributed by atoms with Crippen molar-refractivity contribution in [3.63, 3.8) is 0 Å². The number of halogens is 17. The van der Waals surface area contributed by atoms with E-state index in [1.54, 1.807) is 0 Å². The minimum Gasteiger partial charge on any atom is -0.260 e. The lowest BCUT2D eigenvalue weighted by atomic mass is 10.4. The van der Waals surface area contributed by atoms with E-state index in [1.807, 2.05) is 4.94 Å². The van der Waals surface area contributed by atoms with E-state index in [-0.39, 0.29) is 44.6 Å². The van der Waals surface area contributed by atoms with Crippen molar-refractivity contribution in [3.05, 3.63) is 0 Å². The Bertz CT molecular complexity index is 570. The van der Waals surface area contributed by atoms with Gasteiger partial charge in [0.05, 0.1) is 7.18 Å². The molecule has 0 heterocycles. The fourth-order valence-corrected chi connectivity index (χ4v) is 0.536. The van der Waals surface area contributed by atoms with Gasteiger partial charge in [-0.2, -0.15) is 47.9 Å². The molecule has 5 nitrogen and oxygen atoms in total. The van der Waals surface area contributed by atoms with Crippen molar-refractivity contribution in [1.29, 1.82) is 0 Å². The number of alkyl halides is 15. The maximum absolute atomic E-state index is 12.0. The fourth-order valence-electron chi connectivity index (χ4n) is 0.536. The van der Waals surface area contributed by atoms with Gasteiger partial charge in [0, 0.05) is 6.92 Å². The first kappa shape index (κ1) is 71.7. The first-order valence-corrected chi connectivity index (χ1v) is 8.30. The molecule has 0 unspecified atom stereocenters. The third-order valence-electron chi connectivity index (χ3n) is 1.36. The van der Waals surface area contributed by atoms with Crippen LogP contribution in [0.15, 0.2) is 0 Å². The lowest BCUT2D eigenvalue weighted by molar-refractivity contribution is -0.395. The Morgan fingerprint density at radius 1 is 0.625 bits per heavy atom. The Morgan fingerprint density at radius 3 is 0.950 bits per heavy atom. The molecule has 0 radical (unpaired) electrons. The summed E-state index contributed by atoms with van der Waals surface area (Å²) in [6.45, 7) is -5.79. The molecular formula is C17H39F17O5S. The van der Waals surface area contributed by atoms with Gasteiger partial charge in [0.1, 0.15) is 6.42 Å². The fraction of sp³-hybridized carbons (Fsp3) is 1.00. The third kappa shape index (κ3) is 90.8. The average Bonchev–Trinajstić information content (AvgIpc) is 2.59. The van der Waals surface area contributed by atoms with Crippen molar-refractivity contribution in [2.45, 2.75) is 88.3 Å². The van der Waals surface area contributed by atoms with Gasteiger partial charge in [-0.05, 0) is 4.53 Å². The van der Waals surface area contributed by atoms with Crippen molar-refractivity contribution < 1.29 is 96.9 Å². The van der Waals surface area contributed by atoms with Crippen LogP contribution >= 0.6 is 0 Å². The summed E-state index contributed by atoms with van der Waals surface area (Å²) in [5.41, 5.74) is 0. The van der Waals surface area contributed by atoms with Gasteiger partial charge in [-0.3, -0.25) is 13.7 Å². The average molecular weight is 679 g/mol. The Balaban J connectivity index is -0.0000000312. The van der Waals surface area contributed by atoms with E-state index < -0.39 is 67.4 Å². The summed E-state index contributed by atoms with van der Waals surface area (Å²) in [6.07, 6.45) is -22.6. The molecule has 0 aromatic carbocycles. The molecule has 0 saturated heterocycles. The predicted octanol–water partition coefficient (Wildman–Crippen LogP) is 10.3. The summed E-state index contributed by atoms with van der Waals surface area (Å²) in [7, 11) is -4.67. The summed E-state index contributed by atoms with van der Waals surface area (Å²) in [5, 5.41) is 0. The third-order valence-corrected chi connectivity index (χ3v) is 1.36. The molecule has 0 atom stereocenters. The van der Waals surface area contributed by atoms with Crippen molar-refractivity contribution >= 4 is 10.5 Å². The second kappa shape index (κ2) is 30.6.